The molecule has 4 aliphatic heterocycles. The molecule has 24 atom stereocenters. The van der Waals surface area contributed by atoms with E-state index in [0.717, 1.165) is 19.3 Å². The van der Waals surface area contributed by atoms with Crippen molar-refractivity contribution in [1.29, 1.82) is 0 Å². The molecular formula is C64H121NO39P5-5. The highest BCUT2D eigenvalue weighted by Crippen LogP contribution is 2.47. The molecule has 4 heterocycles. The highest BCUT2D eigenvalue weighted by Gasteiger charge is 2.47. The molecule has 4 rings (SSSR count). The largest absolute Gasteiger partial charge is 0.756 e. The zero-order chi connectivity index (χ0) is 80.9. The fraction of sp³-hybridized carbons (Fsp3) is 0.984. The van der Waals surface area contributed by atoms with Crippen molar-refractivity contribution >= 4 is 45.0 Å². The predicted octanol–water partition coefficient (Wildman–Crippen LogP) is 0.286. The minimum Gasteiger partial charge on any atom is -0.756 e. The molecule has 0 aromatic rings. The number of carbonyl (C=O) groups excluding carboxylic acids is 1. The molecule has 45 heteroatoms. The smallest absolute Gasteiger partial charge is 0.268 e. The van der Waals surface area contributed by atoms with Gasteiger partial charge in [0.15, 0.2) is 12.6 Å². The molecule has 13 unspecified atom stereocenters. The lowest BCUT2D eigenvalue weighted by atomic mass is 9.86. The van der Waals surface area contributed by atoms with Gasteiger partial charge in [-0.1, -0.05) is 65.2 Å². The van der Waals surface area contributed by atoms with Gasteiger partial charge in [-0.05, 0) is 78.6 Å². The number of amides is 1. The maximum Gasteiger partial charge on any atom is 0.268 e. The molecule has 0 aliphatic carbocycles. The molecular weight excluding hydrogens is 1560 g/mol. The molecule has 1 amide bonds. The number of aliphatic hydroxyl groups excluding tert-OH is 9. The van der Waals surface area contributed by atoms with Crippen LogP contribution in [0.15, 0.2) is 0 Å². The molecule has 0 spiro atoms. The van der Waals surface area contributed by atoms with E-state index in [1.165, 1.54) is 20.8 Å². The third-order valence-electron chi connectivity index (χ3n) is 18.0. The minimum atomic E-state index is -5.40. The molecule has 0 aromatic carbocycles. The summed E-state index contributed by atoms with van der Waals surface area (Å²) in [5.74, 6) is -1.43. The SMILES string of the molecule is CC(=O)N[C@H]1C(O)[C@@H](O)C(CO)O[C@H]1OCCCCCCOP(=O)([O-])OCCCOCC(COCCCOP(=O)([O-])OCCCCCCC[C@@H]1OC(CO)[C@H](O)C(O)[C@@H]1C)(COCCCOP(=O)([O-])OCCCCCCO[C@@H]1OC(CO)[C@H](O)C(O)[C@@H]1C)COP(=O)([O-])OC[C@H]1O[C@@H](C)CC1OP(=O)([O-])OC(C)C. The first-order valence-corrected chi connectivity index (χ1v) is 44.6. The molecule has 4 saturated heterocycles. The summed E-state index contributed by atoms with van der Waals surface area (Å²) < 4.78 is 167. The molecule has 4 aliphatic rings. The Bertz CT molecular complexity index is 2640. The first-order chi connectivity index (χ1) is 51.5. The van der Waals surface area contributed by atoms with Crippen molar-refractivity contribution in [2.24, 2.45) is 17.3 Å². The van der Waals surface area contributed by atoms with Crippen LogP contribution in [-0.4, -0.2) is 281 Å². The zero-order valence-corrected chi connectivity index (χ0v) is 67.6. The monoisotopic (exact) mass is 1680 g/mol. The first-order valence-electron chi connectivity index (χ1n) is 37.3. The minimum absolute atomic E-state index is 0.0118. The van der Waals surface area contributed by atoms with Crippen molar-refractivity contribution in [2.45, 2.75) is 261 Å². The van der Waals surface area contributed by atoms with E-state index < -0.39 is 227 Å². The summed E-state index contributed by atoms with van der Waals surface area (Å²) in [6.45, 7) is 2.19. The van der Waals surface area contributed by atoms with E-state index >= 15 is 0 Å². The Balaban J connectivity index is 1.34. The van der Waals surface area contributed by atoms with Crippen molar-refractivity contribution in [3.05, 3.63) is 0 Å². The molecule has 10 N–H and O–H groups in total. The lowest BCUT2D eigenvalue weighted by Crippen LogP contribution is -2.64. The summed E-state index contributed by atoms with van der Waals surface area (Å²) in [4.78, 5) is 76.2. The molecule has 0 aromatic heterocycles. The number of hydrogen-bond donors (Lipinski definition) is 10. The normalized spacial score (nSPS) is 31.0. The lowest BCUT2D eigenvalue weighted by molar-refractivity contribution is -0.282. The van der Waals surface area contributed by atoms with Gasteiger partial charge in [-0.15, -0.1) is 0 Å². The van der Waals surface area contributed by atoms with Crippen LogP contribution >= 0.6 is 39.1 Å². The summed E-state index contributed by atoms with van der Waals surface area (Å²) in [5.41, 5.74) is -1.65. The number of aliphatic hydroxyl groups is 9. The van der Waals surface area contributed by atoms with Crippen LogP contribution in [0.3, 0.4) is 0 Å². The fourth-order valence-corrected chi connectivity index (χ4v) is 16.3. The van der Waals surface area contributed by atoms with Crippen LogP contribution in [0.25, 0.3) is 0 Å². The second-order valence-corrected chi connectivity index (χ2v) is 34.9. The topological polar surface area (TPSA) is 587 Å². The maximum absolute atomic E-state index is 13.6. The Morgan fingerprint density at radius 2 is 0.817 bits per heavy atom. The van der Waals surface area contributed by atoms with Gasteiger partial charge in [-0.3, -0.25) is 27.6 Å². The third-order valence-corrected chi connectivity index (χ3v) is 23.1. The van der Waals surface area contributed by atoms with Crippen LogP contribution < -0.4 is 29.8 Å². The quantitative estimate of drug-likeness (QED) is 0.0289. The first kappa shape index (κ1) is 101. The van der Waals surface area contributed by atoms with Crippen LogP contribution in [-0.2, 0) is 115 Å². The van der Waals surface area contributed by atoms with E-state index in [4.69, 9.17) is 87.9 Å². The van der Waals surface area contributed by atoms with Crippen molar-refractivity contribution in [1.82, 2.24) is 5.32 Å². The zero-order valence-electron chi connectivity index (χ0n) is 63.1. The highest BCUT2D eigenvalue weighted by molar-refractivity contribution is 7.46. The van der Waals surface area contributed by atoms with Gasteiger partial charge in [0, 0.05) is 58.2 Å². The third kappa shape index (κ3) is 39.6. The second kappa shape index (κ2) is 52.3. The van der Waals surface area contributed by atoms with E-state index in [2.05, 4.69) is 5.32 Å². The summed E-state index contributed by atoms with van der Waals surface area (Å²) in [5, 5.41) is 92.6. The van der Waals surface area contributed by atoms with Crippen molar-refractivity contribution in [3.8, 4) is 0 Å². The van der Waals surface area contributed by atoms with Crippen LogP contribution in [0.1, 0.15) is 157 Å². The highest BCUT2D eigenvalue weighted by atomic mass is 31.2. The van der Waals surface area contributed by atoms with Gasteiger partial charge in [0.05, 0.1) is 135 Å². The number of rotatable bonds is 62. The Morgan fingerprint density at radius 3 is 1.27 bits per heavy atom. The molecule has 109 heavy (non-hydrogen) atoms. The van der Waals surface area contributed by atoms with E-state index in [1.807, 2.05) is 0 Å². The Morgan fingerprint density at radius 1 is 0.431 bits per heavy atom. The molecule has 0 radical (unpaired) electrons. The molecule has 40 nitrogen and oxygen atoms in total. The molecule has 646 valence electrons. The van der Waals surface area contributed by atoms with Crippen LogP contribution in [0.2, 0.25) is 0 Å². The van der Waals surface area contributed by atoms with E-state index in [-0.39, 0.29) is 97.0 Å². The van der Waals surface area contributed by atoms with Crippen molar-refractivity contribution in [2.75, 3.05) is 126 Å². The number of ether oxygens (including phenoxy) is 9. The van der Waals surface area contributed by atoms with Gasteiger partial charge in [0.1, 0.15) is 54.9 Å². The van der Waals surface area contributed by atoms with Gasteiger partial charge in [-0.25, -0.2) is 0 Å². The van der Waals surface area contributed by atoms with Crippen molar-refractivity contribution in [3.63, 3.8) is 0 Å². The number of hydrogen-bond acceptors (Lipinski definition) is 39. The van der Waals surface area contributed by atoms with Gasteiger partial charge in [0.2, 0.25) is 5.91 Å². The number of nitrogens with one attached hydrogen (secondary N) is 1. The summed E-state index contributed by atoms with van der Waals surface area (Å²) >= 11 is 0. The average Bonchev–Trinajstić information content (AvgIpc) is 1.39. The van der Waals surface area contributed by atoms with E-state index in [9.17, 15) is 98.0 Å². The average molecular weight is 1680 g/mol. The number of phosphoric acid groups is 5. The Kier molecular flexibility index (Phi) is 48.3. The fourth-order valence-electron chi connectivity index (χ4n) is 12.0. The second-order valence-electron chi connectivity index (χ2n) is 27.9. The van der Waals surface area contributed by atoms with E-state index in [0.29, 0.717) is 64.2 Å². The van der Waals surface area contributed by atoms with Gasteiger partial charge in [0.25, 0.3) is 39.1 Å². The van der Waals surface area contributed by atoms with Gasteiger partial charge < -0.3 is 164 Å². The number of phosphoric ester groups is 5. The standard InChI is InChI=1S/C64H126NO39P5/c1-44(2)103-109(84,85)104-50-35-45(3)99-54(50)39-97-108(82,83)98-43-64(40-86-24-20-32-94-105(76,77)91-29-17-9-7-8-14-23-49-46(4)56(70)58(72)51(36-66)100-49,41-87-25-21-33-95-106(78,79)92-30-18-12-10-15-27-89-62-47(5)57(71)59(73)52(37-67)101-62)42-88-26-22-34-96-107(80,81)93-31-19-13-11-16-28-90-63-55(65-48(6)69)61(75)60(74)53(38-68)102-63/h44-47,49-63,66-68,70-75H,7-43H2,1-6H3,(H,65,69)(H,76,77)(H,78,79)(H,80,81)(H,82,83)(H,84,85)/p-5/t45-,46+,47-,49-,50?,51?,52?,53?,54+,55-,56?,57?,58-,59-,60-,61?,62+,63+,64?/m0/s1. The van der Waals surface area contributed by atoms with Crippen LogP contribution in [0.5, 0.6) is 0 Å². The summed E-state index contributed by atoms with van der Waals surface area (Å²) in [6, 6.07) is -1.12. The summed E-state index contributed by atoms with van der Waals surface area (Å²) in [6.07, 6.45) is -9.71. The molecule has 0 saturated carbocycles. The Labute approximate surface area is 637 Å². The van der Waals surface area contributed by atoms with Crippen LogP contribution in [0.4, 0.5) is 0 Å². The maximum atomic E-state index is 13.6. The van der Waals surface area contributed by atoms with E-state index in [1.54, 1.807) is 20.8 Å². The lowest BCUT2D eigenvalue weighted by Gasteiger charge is -2.42. The number of unbranched alkanes of at least 4 members (excludes halogenated alkanes) is 10. The van der Waals surface area contributed by atoms with Gasteiger partial charge >= 0.3 is 0 Å². The Hall–Kier alpha value is -0.700. The molecule has 4 fully saturated rings. The van der Waals surface area contributed by atoms with Crippen LogP contribution in [0, 0.1) is 17.3 Å². The number of carbonyl (C=O) groups is 1. The molecule has 0 bridgehead atoms. The summed E-state index contributed by atoms with van der Waals surface area (Å²) in [7, 11) is -24.8. The predicted molar refractivity (Wildman–Crippen MR) is 370 cm³/mol. The van der Waals surface area contributed by atoms with Gasteiger partial charge in [-0.2, -0.15) is 0 Å². The van der Waals surface area contributed by atoms with Crippen molar-refractivity contribution < 1.29 is 186 Å².